The highest BCUT2D eigenvalue weighted by molar-refractivity contribution is 9.10. The molecule has 0 aliphatic heterocycles. The highest BCUT2D eigenvalue weighted by Gasteiger charge is 2.32. The first-order chi connectivity index (χ1) is 10.3. The summed E-state index contributed by atoms with van der Waals surface area (Å²) in [4.78, 5) is 16.1. The molecule has 0 spiro atoms. The van der Waals surface area contributed by atoms with Crippen LogP contribution >= 0.6 is 15.9 Å². The molecule has 1 aromatic heterocycles. The Morgan fingerprint density at radius 1 is 1.45 bits per heavy atom. The van der Waals surface area contributed by atoms with Crippen molar-refractivity contribution in [1.29, 1.82) is 0 Å². The van der Waals surface area contributed by atoms with Gasteiger partial charge < -0.3 is 4.74 Å². The summed E-state index contributed by atoms with van der Waals surface area (Å²) in [5, 5.41) is 0. The lowest BCUT2D eigenvalue weighted by Gasteiger charge is -2.16. The van der Waals surface area contributed by atoms with E-state index in [0.717, 1.165) is 16.6 Å². The summed E-state index contributed by atoms with van der Waals surface area (Å²) in [5.74, 6) is -2.74. The van der Waals surface area contributed by atoms with Gasteiger partial charge >= 0.3 is 5.97 Å². The number of nitrogens with zero attached hydrogens (tertiary/aromatic N) is 1. The Morgan fingerprint density at radius 3 is 2.86 bits per heavy atom. The number of rotatable bonds is 3. The number of ether oxygens (including phenoxy) is 1. The van der Waals surface area contributed by atoms with Gasteiger partial charge in [-0.15, -0.1) is 0 Å². The van der Waals surface area contributed by atoms with Crippen molar-refractivity contribution in [3.8, 4) is 0 Å². The van der Waals surface area contributed by atoms with Crippen LogP contribution in [0.25, 0.3) is 0 Å². The maximum Gasteiger partial charge on any atom is 0.339 e. The number of pyridine rings is 1. The molecule has 1 heterocycles. The van der Waals surface area contributed by atoms with Crippen molar-refractivity contribution in [2.24, 2.45) is 5.92 Å². The Morgan fingerprint density at radius 2 is 2.18 bits per heavy atom. The van der Waals surface area contributed by atoms with Crippen LogP contribution < -0.4 is 0 Å². The van der Waals surface area contributed by atoms with Gasteiger partial charge in [0.1, 0.15) is 0 Å². The van der Waals surface area contributed by atoms with E-state index < -0.39 is 11.9 Å². The number of carbonyl (C=O) groups excluding carboxylic acids is 1. The predicted molar refractivity (Wildman–Crippen MR) is 83.2 cm³/mol. The fourth-order valence-electron chi connectivity index (χ4n) is 2.90. The van der Waals surface area contributed by atoms with Crippen LogP contribution in [-0.4, -0.2) is 24.0 Å². The number of esters is 1. The van der Waals surface area contributed by atoms with Crippen LogP contribution in [0.3, 0.4) is 0 Å². The number of hydrogen-bond donors (Lipinski definition) is 0. The minimum atomic E-state index is -2.52. The zero-order chi connectivity index (χ0) is 16.3. The second-order valence-corrected chi connectivity index (χ2v) is 6.75. The van der Waals surface area contributed by atoms with Crippen molar-refractivity contribution in [3.05, 3.63) is 27.5 Å². The highest BCUT2D eigenvalue weighted by atomic mass is 79.9. The summed E-state index contributed by atoms with van der Waals surface area (Å²) in [6.45, 7) is 1.75. The summed E-state index contributed by atoms with van der Waals surface area (Å²) < 4.78 is 32.3. The van der Waals surface area contributed by atoms with Crippen molar-refractivity contribution in [3.63, 3.8) is 0 Å². The lowest BCUT2D eigenvalue weighted by Crippen LogP contribution is -2.14. The van der Waals surface area contributed by atoms with Gasteiger partial charge in [-0.3, -0.25) is 4.98 Å². The number of aromatic nitrogens is 1. The molecule has 0 N–H and O–H groups in total. The number of carbonyl (C=O) groups is 1. The number of hydrogen-bond acceptors (Lipinski definition) is 3. The molecule has 22 heavy (non-hydrogen) atoms. The van der Waals surface area contributed by atoms with E-state index >= 15 is 0 Å². The average Bonchev–Trinajstić information content (AvgIpc) is 2.63. The molecule has 1 aliphatic rings. The fourth-order valence-corrected chi connectivity index (χ4v) is 3.38. The summed E-state index contributed by atoms with van der Waals surface area (Å²) >= 11 is 3.43. The Kier molecular flexibility index (Phi) is 5.53. The zero-order valence-electron chi connectivity index (χ0n) is 12.8. The van der Waals surface area contributed by atoms with E-state index in [1.54, 1.807) is 13.0 Å². The van der Waals surface area contributed by atoms with Gasteiger partial charge in [-0.2, -0.15) is 0 Å². The average molecular weight is 376 g/mol. The Balaban J connectivity index is 2.13. The van der Waals surface area contributed by atoms with E-state index in [9.17, 15) is 13.6 Å². The third-order valence-electron chi connectivity index (χ3n) is 4.20. The van der Waals surface area contributed by atoms with Crippen molar-refractivity contribution >= 4 is 21.9 Å². The van der Waals surface area contributed by atoms with Gasteiger partial charge in [-0.1, -0.05) is 0 Å². The molecule has 3 nitrogen and oxygen atoms in total. The summed E-state index contributed by atoms with van der Waals surface area (Å²) in [5.41, 5.74) is 1.84. The van der Waals surface area contributed by atoms with Crippen LogP contribution in [0.1, 0.15) is 53.8 Å². The fraction of sp³-hybridized carbons (Fsp3) is 0.625. The molecule has 1 atom stereocenters. The van der Waals surface area contributed by atoms with Crippen LogP contribution in [0.15, 0.2) is 10.5 Å². The molecule has 6 heteroatoms. The maximum absolute atomic E-state index is 13.4. The molecular formula is C16H20BrF2NO2. The second kappa shape index (κ2) is 7.02. The number of methoxy groups -OCH3 is 1. The molecule has 2 rings (SSSR count). The molecule has 122 valence electrons. The van der Waals surface area contributed by atoms with Gasteiger partial charge in [0.25, 0.3) is 0 Å². The Hall–Kier alpha value is -1.04. The van der Waals surface area contributed by atoms with Crippen LogP contribution in [0.4, 0.5) is 8.78 Å². The molecule has 0 radical (unpaired) electrons. The maximum atomic E-state index is 13.4. The van der Waals surface area contributed by atoms with E-state index in [2.05, 4.69) is 20.9 Å². The molecule has 1 fully saturated rings. The second-order valence-electron chi connectivity index (χ2n) is 5.90. The SMILES string of the molecule is COC(=O)c1cc(Br)c(CC2CCCC(F)(F)CC2)nc1C. The molecule has 1 aromatic rings. The van der Waals surface area contributed by atoms with Gasteiger partial charge in [0.05, 0.1) is 24.1 Å². The first-order valence-corrected chi connectivity index (χ1v) is 8.24. The third kappa shape index (κ3) is 4.24. The van der Waals surface area contributed by atoms with Crippen LogP contribution in [0.5, 0.6) is 0 Å². The van der Waals surface area contributed by atoms with Crippen LogP contribution in [-0.2, 0) is 11.2 Å². The quantitative estimate of drug-likeness (QED) is 0.567. The molecular weight excluding hydrogens is 356 g/mol. The minimum absolute atomic E-state index is 0.0155. The summed E-state index contributed by atoms with van der Waals surface area (Å²) in [7, 11) is 1.33. The minimum Gasteiger partial charge on any atom is -0.465 e. The number of alkyl halides is 2. The van der Waals surface area contributed by atoms with Crippen LogP contribution in [0, 0.1) is 12.8 Å². The Bertz CT molecular complexity index is 563. The molecule has 1 unspecified atom stereocenters. The molecule has 0 saturated heterocycles. The van der Waals surface area contributed by atoms with E-state index in [1.165, 1.54) is 7.11 Å². The van der Waals surface area contributed by atoms with Crippen molar-refractivity contribution in [2.75, 3.05) is 7.11 Å². The molecule has 0 bridgehead atoms. The van der Waals surface area contributed by atoms with Gasteiger partial charge in [-0.25, -0.2) is 13.6 Å². The monoisotopic (exact) mass is 375 g/mol. The lowest BCUT2D eigenvalue weighted by molar-refractivity contribution is -0.0148. The smallest absolute Gasteiger partial charge is 0.339 e. The van der Waals surface area contributed by atoms with Crippen molar-refractivity contribution < 1.29 is 18.3 Å². The normalized spacial score (nSPS) is 21.2. The Labute approximate surface area is 137 Å². The number of aryl methyl sites for hydroxylation is 1. The van der Waals surface area contributed by atoms with Crippen molar-refractivity contribution in [2.45, 2.75) is 51.4 Å². The summed E-state index contributed by atoms with van der Waals surface area (Å²) in [6.07, 6.45) is 2.45. The van der Waals surface area contributed by atoms with Crippen LogP contribution in [0.2, 0.25) is 0 Å². The molecule has 1 aliphatic carbocycles. The summed E-state index contributed by atoms with van der Waals surface area (Å²) in [6, 6.07) is 1.70. The molecule has 0 aromatic carbocycles. The van der Waals surface area contributed by atoms with Gasteiger partial charge in [0.2, 0.25) is 5.92 Å². The van der Waals surface area contributed by atoms with E-state index in [0.29, 0.717) is 30.5 Å². The van der Waals surface area contributed by atoms with E-state index in [-0.39, 0.29) is 18.8 Å². The first-order valence-electron chi connectivity index (χ1n) is 7.44. The van der Waals surface area contributed by atoms with E-state index in [4.69, 9.17) is 4.74 Å². The third-order valence-corrected chi connectivity index (χ3v) is 4.89. The largest absolute Gasteiger partial charge is 0.465 e. The van der Waals surface area contributed by atoms with Crippen molar-refractivity contribution in [1.82, 2.24) is 4.98 Å². The van der Waals surface area contributed by atoms with Gasteiger partial charge in [-0.05, 0) is 60.5 Å². The highest BCUT2D eigenvalue weighted by Crippen LogP contribution is 2.36. The first kappa shape index (κ1) is 17.3. The zero-order valence-corrected chi connectivity index (χ0v) is 14.4. The van der Waals surface area contributed by atoms with E-state index in [1.807, 2.05) is 0 Å². The topological polar surface area (TPSA) is 39.2 Å². The van der Waals surface area contributed by atoms with Gasteiger partial charge in [0.15, 0.2) is 0 Å². The lowest BCUT2D eigenvalue weighted by atomic mass is 9.94. The molecule has 1 saturated carbocycles. The standard InChI is InChI=1S/C16H20BrF2NO2/c1-10-12(15(21)22-2)9-13(17)14(20-10)8-11-4-3-6-16(18,19)7-5-11/h9,11H,3-8H2,1-2H3. The predicted octanol–water partition coefficient (Wildman–Crippen LogP) is 4.70. The van der Waals surface area contributed by atoms with Gasteiger partial charge in [0, 0.05) is 17.3 Å². The number of halogens is 3. The molecule has 0 amide bonds.